The minimum Gasteiger partial charge on any atom is -0.508 e. The summed E-state index contributed by atoms with van der Waals surface area (Å²) in [6, 6.07) is 32.6. The zero-order valence-corrected chi connectivity index (χ0v) is 54.1. The molecule has 0 spiro atoms. The number of rotatable bonds is 28. The fourth-order valence-corrected chi connectivity index (χ4v) is 12.1. The maximum Gasteiger partial charge on any atom is 0.407 e. The van der Waals surface area contributed by atoms with Crippen LogP contribution in [0.4, 0.5) is 9.59 Å². The molecule has 4 aliphatic heterocycles. The number of ether oxygens (including phenoxy) is 7. The molecule has 10 rings (SSSR count). The first-order chi connectivity index (χ1) is 44.1. The number of hydroxylamine groups is 8. The van der Waals surface area contributed by atoms with Crippen molar-refractivity contribution < 1.29 is 87.0 Å². The molecule has 2 aliphatic carbocycles. The van der Waals surface area contributed by atoms with E-state index in [-0.39, 0.29) is 86.6 Å². The number of aliphatic hydroxyl groups is 2. The summed E-state index contributed by atoms with van der Waals surface area (Å²) in [5, 5.41) is 44.9. The number of phenols is 1. The van der Waals surface area contributed by atoms with Gasteiger partial charge in [-0.25, -0.2) is 19.7 Å². The number of amides is 4. The number of nitrogens with one attached hydrogen (secondary N) is 2. The van der Waals surface area contributed by atoms with Crippen LogP contribution in [0, 0.1) is 11.8 Å². The number of hydrogen-bond acceptors (Lipinski definition) is 20. The number of hydrogen-bond donors (Lipinski definition) is 5. The molecule has 25 heteroatoms. The molecule has 91 heavy (non-hydrogen) atoms. The van der Waals surface area contributed by atoms with Crippen LogP contribution >= 0.6 is 15.9 Å². The number of halogens is 1. The molecule has 0 bridgehead atoms. The predicted molar refractivity (Wildman–Crippen MR) is 335 cm³/mol. The van der Waals surface area contributed by atoms with Gasteiger partial charge in [0.2, 0.25) is 0 Å². The molecule has 0 aromatic heterocycles. The van der Waals surface area contributed by atoms with E-state index < -0.39 is 42.6 Å². The van der Waals surface area contributed by atoms with E-state index in [0.717, 1.165) is 96.6 Å². The first-order valence-corrected chi connectivity index (χ1v) is 32.6. The van der Waals surface area contributed by atoms with Crippen LogP contribution in [0.15, 0.2) is 109 Å². The van der Waals surface area contributed by atoms with Gasteiger partial charge in [-0.1, -0.05) is 127 Å². The molecular weight excluding hydrogens is 1240 g/mol. The topological polar surface area (TPSA) is 268 Å². The quantitative estimate of drug-likeness (QED) is 0.0279. The molecule has 0 radical (unpaired) electrons. The molecule has 6 aliphatic rings. The third-order valence-corrected chi connectivity index (χ3v) is 17.3. The van der Waals surface area contributed by atoms with Crippen molar-refractivity contribution in [3.63, 3.8) is 0 Å². The van der Waals surface area contributed by atoms with E-state index in [9.17, 15) is 34.5 Å². The summed E-state index contributed by atoms with van der Waals surface area (Å²) in [5.41, 5.74) is 3.71. The maximum atomic E-state index is 13.1. The van der Waals surface area contributed by atoms with E-state index in [1.54, 1.807) is 41.4 Å². The minimum absolute atomic E-state index is 0.0160. The van der Waals surface area contributed by atoms with Gasteiger partial charge in [0.25, 0.3) is 11.8 Å². The van der Waals surface area contributed by atoms with Gasteiger partial charge in [-0.2, -0.15) is 10.1 Å². The smallest absolute Gasteiger partial charge is 0.407 e. The molecule has 500 valence electrons. The van der Waals surface area contributed by atoms with Gasteiger partial charge in [0.1, 0.15) is 23.7 Å². The Labute approximate surface area is 541 Å². The largest absolute Gasteiger partial charge is 0.508 e. The minimum atomic E-state index is -0.983. The molecule has 6 fully saturated rings. The first-order valence-electron chi connectivity index (χ1n) is 31.5. The highest BCUT2D eigenvalue weighted by Gasteiger charge is 2.45. The monoisotopic (exact) mass is 1330 g/mol. The number of phenolic OH excluding ortho intramolecular Hbond substituents is 1. The van der Waals surface area contributed by atoms with E-state index in [1.165, 1.54) is 21.3 Å². The average Bonchev–Trinajstić information content (AvgIpc) is 2.52. The number of likely N-dealkylation sites (N-methyl/N-ethyl adjacent to an activating group) is 1. The molecule has 4 aromatic rings. The second-order valence-electron chi connectivity index (χ2n) is 23.5. The number of carbonyl (C=O) groups excluding carboxylic acids is 4. The van der Waals surface area contributed by atoms with E-state index in [2.05, 4.69) is 31.4 Å². The number of alkyl carbamates (subject to hydrolysis) is 2. The van der Waals surface area contributed by atoms with Crippen molar-refractivity contribution in [3.8, 4) is 11.5 Å². The lowest BCUT2D eigenvalue weighted by Crippen LogP contribution is -2.50. The van der Waals surface area contributed by atoms with Gasteiger partial charge in [0, 0.05) is 27.2 Å². The van der Waals surface area contributed by atoms with E-state index >= 15 is 0 Å². The van der Waals surface area contributed by atoms with Crippen LogP contribution in [-0.2, 0) is 83.3 Å². The number of aliphatic hydroxyl groups excluding tert-OH is 2. The summed E-state index contributed by atoms with van der Waals surface area (Å²) in [5.74, 6) is 0.361. The Bertz CT molecular complexity index is 2830. The summed E-state index contributed by atoms with van der Waals surface area (Å²) in [6.07, 6.45) is 6.29. The highest BCUT2D eigenvalue weighted by atomic mass is 79.9. The fraction of sp³-hybridized carbons (Fsp3) is 0.576. The molecule has 10 unspecified atom stereocenters. The molecule has 4 saturated heterocycles. The van der Waals surface area contributed by atoms with E-state index in [1.807, 2.05) is 84.9 Å². The normalized spacial score (nSPS) is 22.3. The Morgan fingerprint density at radius 2 is 1.01 bits per heavy atom. The summed E-state index contributed by atoms with van der Waals surface area (Å²) < 4.78 is 39.5. The molecule has 5 N–H and O–H groups in total. The van der Waals surface area contributed by atoms with Crippen molar-refractivity contribution in [1.29, 1.82) is 0 Å². The summed E-state index contributed by atoms with van der Waals surface area (Å²) in [4.78, 5) is 70.9. The number of benzene rings is 4. The van der Waals surface area contributed by atoms with Crippen LogP contribution in [0.5, 0.6) is 11.5 Å². The van der Waals surface area contributed by atoms with Crippen LogP contribution in [0.25, 0.3) is 0 Å². The van der Waals surface area contributed by atoms with Crippen molar-refractivity contribution in [3.05, 3.63) is 131 Å². The van der Waals surface area contributed by atoms with Crippen LogP contribution in [0.3, 0.4) is 0 Å². The van der Waals surface area contributed by atoms with E-state index in [4.69, 9.17) is 47.7 Å². The van der Waals surface area contributed by atoms with Crippen molar-refractivity contribution in [1.82, 2.24) is 30.9 Å². The number of aromatic hydroxyl groups is 1. The Kier molecular flexibility index (Phi) is 28.8. The summed E-state index contributed by atoms with van der Waals surface area (Å²) >= 11 is 2.98. The van der Waals surface area contributed by atoms with Crippen molar-refractivity contribution in [2.24, 2.45) is 11.8 Å². The number of fused-ring (bicyclic) bond motifs is 2. The van der Waals surface area contributed by atoms with Gasteiger partial charge in [-0.05, 0) is 97.9 Å². The lowest BCUT2D eigenvalue weighted by molar-refractivity contribution is -0.215. The van der Waals surface area contributed by atoms with E-state index in [0.29, 0.717) is 56.8 Å². The van der Waals surface area contributed by atoms with Crippen molar-refractivity contribution in [2.45, 2.75) is 151 Å². The lowest BCUT2D eigenvalue weighted by Gasteiger charge is -2.31. The highest BCUT2D eigenvalue weighted by molar-refractivity contribution is 9.09. The van der Waals surface area contributed by atoms with Crippen LogP contribution < -0.4 is 15.4 Å². The average molecular weight is 1340 g/mol. The Morgan fingerprint density at radius 3 is 1.45 bits per heavy atom. The van der Waals surface area contributed by atoms with Gasteiger partial charge in [-0.15, -0.1) is 0 Å². The van der Waals surface area contributed by atoms with Gasteiger partial charge in [0.05, 0.1) is 107 Å². The second kappa shape index (κ2) is 37.0. The highest BCUT2D eigenvalue weighted by Crippen LogP contribution is 2.35. The predicted octanol–water partition coefficient (Wildman–Crippen LogP) is 7.15. The zero-order valence-electron chi connectivity index (χ0n) is 52.5. The van der Waals surface area contributed by atoms with Gasteiger partial charge in [0.15, 0.2) is 19.2 Å². The molecule has 10 atom stereocenters. The third kappa shape index (κ3) is 22.9. The third-order valence-electron chi connectivity index (χ3n) is 16.9. The molecule has 2 saturated carbocycles. The Hall–Kier alpha value is -6.04. The SMILES string of the molecule is CON(C)C(=O)CBr.CON(C)C(=O)COc1cccc(CN(CC(O)C(Cc2ccccc2)NC(=O)OC2COC3OCCC23)OC2CCCC2)c1.O=C(NC(Cc1ccccc1)C(O)CN(Cc1cccc(O)c1)OC1CCCC1)OC1COC2OCCC12. The summed E-state index contributed by atoms with van der Waals surface area (Å²) in [7, 11) is 5.94. The first kappa shape index (κ1) is 70.8. The molecule has 4 amide bonds. The Balaban J connectivity index is 0.000000211. The van der Waals surface area contributed by atoms with Crippen molar-refractivity contribution >= 4 is 39.9 Å². The molecule has 4 heterocycles. The Morgan fingerprint density at radius 1 is 0.571 bits per heavy atom. The standard InChI is InChI=1S/C33H45N3O9.C29H38N2O7.C4H8BrNO2/c1-35(40-2)31(38)22-42-26-14-8-11-24(17-26)19-36(45-25-12-6-7-13-25)20-29(37)28(18-23-9-4-3-5-10-23)34-33(39)44-30-21-43-32-27(30)15-16-41-32;32-22-10-6-9-21(15-22)17-31(38-23-11-4-5-12-23)18-26(33)25(16-20-7-2-1-3-8-20)30-29(34)37-27-19-36-28-24(27)13-14-35-28;1-6(8-2)4(7)3-5/h3-5,8-11,14,17,25,27-30,32,37H,6-7,12-13,15-16,18-22H2,1-2H3,(H,34,39);1-3,6-10,15,23-28,32-33H,4-5,11-14,16-19H2,(H,30,34);3H2,1-2H3. The van der Waals surface area contributed by atoms with Crippen LogP contribution in [0.2, 0.25) is 0 Å². The number of alkyl halides is 1. The second-order valence-corrected chi connectivity index (χ2v) is 24.1. The zero-order chi connectivity index (χ0) is 64.5. The summed E-state index contributed by atoms with van der Waals surface area (Å²) in [6.45, 7) is 2.69. The van der Waals surface area contributed by atoms with Crippen LogP contribution in [0.1, 0.15) is 86.5 Å². The van der Waals surface area contributed by atoms with Gasteiger partial charge >= 0.3 is 12.2 Å². The lowest BCUT2D eigenvalue weighted by atomic mass is 10.0. The number of carbonyl (C=O) groups is 4. The molecular formula is C66H91BrN6O18. The van der Waals surface area contributed by atoms with Gasteiger partial charge < -0.3 is 59.1 Å². The number of nitrogens with zero attached hydrogens (tertiary/aromatic N) is 4. The maximum absolute atomic E-state index is 13.1. The fourth-order valence-electron chi connectivity index (χ4n) is 11.7. The molecule has 4 aromatic carbocycles. The van der Waals surface area contributed by atoms with Gasteiger partial charge in [-0.3, -0.25) is 28.9 Å². The molecule has 24 nitrogen and oxygen atoms in total. The van der Waals surface area contributed by atoms with Crippen molar-refractivity contribution in [2.75, 3.05) is 79.8 Å². The van der Waals surface area contributed by atoms with Crippen LogP contribution in [-0.4, -0.2) is 201 Å².